The maximum absolute atomic E-state index is 12.7. The molecule has 0 spiro atoms. The molecule has 5 rings (SSSR count). The first-order valence-electron chi connectivity index (χ1n) is 9.83. The zero-order valence-corrected chi connectivity index (χ0v) is 17.5. The third kappa shape index (κ3) is 3.11. The average molecular weight is 468 g/mol. The van der Waals surface area contributed by atoms with Gasteiger partial charge in [0.2, 0.25) is 0 Å². The van der Waals surface area contributed by atoms with E-state index in [2.05, 4.69) is 25.9 Å². The number of carbonyl (C=O) groups is 2. The number of rotatable bonds is 3. The van der Waals surface area contributed by atoms with Gasteiger partial charge in [-0.3, -0.25) is 19.3 Å². The van der Waals surface area contributed by atoms with Crippen LogP contribution >= 0.6 is 15.9 Å². The number of aromatic amines is 1. The molecule has 7 nitrogen and oxygen atoms in total. The Bertz CT molecular complexity index is 1200. The van der Waals surface area contributed by atoms with Crippen LogP contribution in [0.4, 0.5) is 0 Å². The second-order valence-electron chi connectivity index (χ2n) is 7.60. The molecule has 0 atom stereocenters. The van der Waals surface area contributed by atoms with E-state index in [4.69, 9.17) is 4.74 Å². The van der Waals surface area contributed by atoms with Crippen molar-refractivity contribution in [2.45, 2.75) is 37.8 Å². The third-order valence-corrected chi connectivity index (χ3v) is 6.26. The van der Waals surface area contributed by atoms with Crippen molar-refractivity contribution in [1.82, 2.24) is 14.9 Å². The number of halogens is 1. The summed E-state index contributed by atoms with van der Waals surface area (Å²) in [6.45, 7) is 0. The monoisotopic (exact) mass is 467 g/mol. The smallest absolute Gasteiger partial charge is 0.262 e. The first kappa shape index (κ1) is 19.0. The molecule has 1 fully saturated rings. The minimum Gasteiger partial charge on any atom is -0.489 e. The molecule has 1 aliphatic heterocycles. The fraction of sp³-hybridized carbons (Fsp3) is 0.273. The van der Waals surface area contributed by atoms with Crippen LogP contribution in [-0.2, 0) is 0 Å². The van der Waals surface area contributed by atoms with E-state index < -0.39 is 0 Å². The van der Waals surface area contributed by atoms with Gasteiger partial charge in [-0.15, -0.1) is 0 Å². The maximum atomic E-state index is 12.7. The quantitative estimate of drug-likeness (QED) is 0.593. The standard InChI is InChI=1S/C22H18BrN3O4/c23-12-9-17-19(20(27)25-11-24-17)18(10-12)30-14-7-5-13(6-8-14)26-21(28)15-3-1-2-4-16(15)22(26)29/h1-4,9-11,13-14H,5-8H2,(H,24,25,27)/t13-,14+. The van der Waals surface area contributed by atoms with Crippen LogP contribution in [0, 0.1) is 0 Å². The Labute approximate surface area is 180 Å². The van der Waals surface area contributed by atoms with E-state index in [-0.39, 0.29) is 29.5 Å². The number of hydrogen-bond donors (Lipinski definition) is 1. The highest BCUT2D eigenvalue weighted by Crippen LogP contribution is 2.34. The second-order valence-corrected chi connectivity index (χ2v) is 8.52. The van der Waals surface area contributed by atoms with Gasteiger partial charge in [0.25, 0.3) is 17.4 Å². The highest BCUT2D eigenvalue weighted by atomic mass is 79.9. The molecular weight excluding hydrogens is 450 g/mol. The van der Waals surface area contributed by atoms with Crippen LogP contribution in [0.3, 0.4) is 0 Å². The fourth-order valence-corrected chi connectivity index (χ4v) is 4.79. The summed E-state index contributed by atoms with van der Waals surface area (Å²) >= 11 is 3.44. The summed E-state index contributed by atoms with van der Waals surface area (Å²) in [5, 5.41) is 0.420. The minimum atomic E-state index is -0.248. The Morgan fingerprint density at radius 3 is 2.33 bits per heavy atom. The molecule has 3 aromatic rings. The lowest BCUT2D eigenvalue weighted by Crippen LogP contribution is -2.43. The number of aromatic nitrogens is 2. The van der Waals surface area contributed by atoms with E-state index in [0.717, 1.165) is 4.47 Å². The van der Waals surface area contributed by atoms with Crippen molar-refractivity contribution in [1.29, 1.82) is 0 Å². The van der Waals surface area contributed by atoms with E-state index in [1.165, 1.54) is 11.2 Å². The van der Waals surface area contributed by atoms with Crippen LogP contribution in [0.1, 0.15) is 46.4 Å². The molecule has 8 heteroatoms. The summed E-state index contributed by atoms with van der Waals surface area (Å²) in [6, 6.07) is 10.4. The molecule has 2 amide bonds. The van der Waals surface area contributed by atoms with Gasteiger partial charge in [-0.05, 0) is 49.9 Å². The van der Waals surface area contributed by atoms with Crippen molar-refractivity contribution in [3.8, 4) is 5.75 Å². The molecule has 1 aliphatic carbocycles. The second kappa shape index (κ2) is 7.36. The summed E-state index contributed by atoms with van der Waals surface area (Å²) in [6.07, 6.45) is 3.96. The lowest BCUT2D eigenvalue weighted by molar-refractivity contribution is 0.0479. The van der Waals surface area contributed by atoms with Crippen LogP contribution in [-0.4, -0.2) is 38.8 Å². The predicted molar refractivity (Wildman–Crippen MR) is 114 cm³/mol. The van der Waals surface area contributed by atoms with E-state index in [1.807, 2.05) is 0 Å². The largest absolute Gasteiger partial charge is 0.489 e. The Kier molecular flexibility index (Phi) is 4.66. The first-order valence-corrected chi connectivity index (χ1v) is 10.6. The van der Waals surface area contributed by atoms with Crippen molar-refractivity contribution in [3.63, 3.8) is 0 Å². The fourth-order valence-electron chi connectivity index (χ4n) is 4.36. The molecule has 0 bridgehead atoms. The summed E-state index contributed by atoms with van der Waals surface area (Å²) in [7, 11) is 0. The van der Waals surface area contributed by atoms with Crippen molar-refractivity contribution in [3.05, 3.63) is 68.7 Å². The number of H-pyrrole nitrogens is 1. The number of nitrogens with zero attached hydrogens (tertiary/aromatic N) is 2. The molecule has 1 aromatic heterocycles. The molecule has 1 saturated carbocycles. The van der Waals surface area contributed by atoms with Crippen LogP contribution in [0.15, 0.2) is 52.0 Å². The summed E-state index contributed by atoms with van der Waals surface area (Å²) in [4.78, 5) is 45.9. The molecule has 2 aromatic carbocycles. The summed E-state index contributed by atoms with van der Waals surface area (Å²) in [5.74, 6) is 0.0593. The molecule has 152 valence electrons. The van der Waals surface area contributed by atoms with Gasteiger partial charge in [0.05, 0.1) is 29.1 Å². The van der Waals surface area contributed by atoms with Crippen molar-refractivity contribution in [2.24, 2.45) is 0 Å². The topological polar surface area (TPSA) is 92.4 Å². The van der Waals surface area contributed by atoms with Crippen LogP contribution in [0.2, 0.25) is 0 Å². The maximum Gasteiger partial charge on any atom is 0.262 e. The molecular formula is C22H18BrN3O4. The van der Waals surface area contributed by atoms with E-state index in [0.29, 0.717) is 53.5 Å². The van der Waals surface area contributed by atoms with Gasteiger partial charge < -0.3 is 9.72 Å². The number of amides is 2. The lowest BCUT2D eigenvalue weighted by Gasteiger charge is -2.33. The van der Waals surface area contributed by atoms with Gasteiger partial charge in [-0.1, -0.05) is 28.1 Å². The highest BCUT2D eigenvalue weighted by molar-refractivity contribution is 9.10. The number of ether oxygens (including phenoxy) is 1. The Morgan fingerprint density at radius 1 is 1.00 bits per heavy atom. The molecule has 2 heterocycles. The van der Waals surface area contributed by atoms with E-state index >= 15 is 0 Å². The minimum absolute atomic E-state index is 0.103. The number of fused-ring (bicyclic) bond motifs is 2. The van der Waals surface area contributed by atoms with E-state index in [1.54, 1.807) is 36.4 Å². The number of imide groups is 1. The Morgan fingerprint density at radius 2 is 1.67 bits per heavy atom. The zero-order chi connectivity index (χ0) is 20.8. The highest BCUT2D eigenvalue weighted by Gasteiger charge is 2.41. The van der Waals surface area contributed by atoms with Gasteiger partial charge in [-0.2, -0.15) is 0 Å². The van der Waals surface area contributed by atoms with Crippen molar-refractivity contribution < 1.29 is 14.3 Å². The first-order chi connectivity index (χ1) is 14.5. The summed E-state index contributed by atoms with van der Waals surface area (Å²) in [5.41, 5.74) is 1.27. The number of hydrogen-bond acceptors (Lipinski definition) is 5. The van der Waals surface area contributed by atoms with Crippen LogP contribution < -0.4 is 10.3 Å². The average Bonchev–Trinajstić information content (AvgIpc) is 2.99. The molecule has 30 heavy (non-hydrogen) atoms. The van der Waals surface area contributed by atoms with E-state index in [9.17, 15) is 14.4 Å². The number of nitrogens with one attached hydrogen (secondary N) is 1. The SMILES string of the molecule is O=C1c2ccccc2C(=O)N1[C@H]1CC[C@@H](Oc2cc(Br)cc3nc[nH]c(=O)c23)CC1. The molecule has 2 aliphatic rings. The van der Waals surface area contributed by atoms with Gasteiger partial charge in [0.15, 0.2) is 0 Å². The van der Waals surface area contributed by atoms with Gasteiger partial charge in [-0.25, -0.2) is 4.98 Å². The van der Waals surface area contributed by atoms with Gasteiger partial charge in [0, 0.05) is 10.5 Å². The molecule has 0 saturated heterocycles. The number of benzene rings is 2. The van der Waals surface area contributed by atoms with Gasteiger partial charge in [0.1, 0.15) is 11.1 Å². The lowest BCUT2D eigenvalue weighted by atomic mass is 9.91. The molecule has 1 N–H and O–H groups in total. The van der Waals surface area contributed by atoms with Crippen molar-refractivity contribution >= 4 is 38.6 Å². The normalized spacial score (nSPS) is 21.2. The van der Waals surface area contributed by atoms with Crippen molar-refractivity contribution in [2.75, 3.05) is 0 Å². The Hall–Kier alpha value is -3.00. The Balaban J connectivity index is 1.32. The third-order valence-electron chi connectivity index (χ3n) is 5.80. The molecule has 0 radical (unpaired) electrons. The van der Waals surface area contributed by atoms with Crippen LogP contribution in [0.5, 0.6) is 5.75 Å². The molecule has 0 unspecified atom stereocenters. The van der Waals surface area contributed by atoms with Crippen LogP contribution in [0.25, 0.3) is 10.9 Å². The zero-order valence-electron chi connectivity index (χ0n) is 15.9. The predicted octanol–water partition coefficient (Wildman–Crippen LogP) is 3.67. The summed E-state index contributed by atoms with van der Waals surface area (Å²) < 4.78 is 6.96. The van der Waals surface area contributed by atoms with Gasteiger partial charge >= 0.3 is 0 Å². The number of carbonyl (C=O) groups excluding carboxylic acids is 2.